The molecule has 0 aromatic rings. The third kappa shape index (κ3) is 1.62. The molecule has 2 fully saturated rings. The number of hydrogen-bond acceptors (Lipinski definition) is 2. The normalized spacial score (nSPS) is 27.1. The molecule has 0 atom stereocenters. The Morgan fingerprint density at radius 3 is 2.25 bits per heavy atom. The van der Waals surface area contributed by atoms with Crippen molar-refractivity contribution in [2.75, 3.05) is 0 Å². The van der Waals surface area contributed by atoms with Crippen LogP contribution in [0.25, 0.3) is 0 Å². The largest absolute Gasteiger partial charge is 0.238 e. The molecule has 12 heavy (non-hydrogen) atoms. The molecule has 2 rings (SSSR count). The maximum Gasteiger partial charge on any atom is 0.238 e. The summed E-state index contributed by atoms with van der Waals surface area (Å²) in [6.45, 7) is 0. The molecule has 2 aliphatic carbocycles. The lowest BCUT2D eigenvalue weighted by molar-refractivity contribution is 0.565. The first-order valence-corrected chi connectivity index (χ1v) is 6.79. The topological polar surface area (TPSA) is 34.1 Å². The van der Waals surface area contributed by atoms with Gasteiger partial charge in [0.25, 0.3) is 0 Å². The Kier molecular flexibility index (Phi) is 1.92. The average Bonchev–Trinajstić information content (AvgIpc) is 2.80. The van der Waals surface area contributed by atoms with Crippen molar-refractivity contribution >= 4 is 19.7 Å². The summed E-state index contributed by atoms with van der Waals surface area (Å²) in [4.78, 5) is 0. The maximum absolute atomic E-state index is 11.1. The van der Waals surface area contributed by atoms with E-state index >= 15 is 0 Å². The molecule has 0 saturated heterocycles. The zero-order valence-electron chi connectivity index (χ0n) is 6.92. The molecule has 0 aromatic heterocycles. The molecule has 0 spiro atoms. The molecule has 2 saturated carbocycles. The zero-order chi connectivity index (χ0) is 8.82. The van der Waals surface area contributed by atoms with Gasteiger partial charge in [0.2, 0.25) is 9.05 Å². The SMILES string of the molecule is O=S(=O)(Cl)C1(CCC2CC2)CC1. The lowest BCUT2D eigenvalue weighted by Crippen LogP contribution is -2.17. The second kappa shape index (κ2) is 2.61. The van der Waals surface area contributed by atoms with Crippen molar-refractivity contribution in [1.82, 2.24) is 0 Å². The highest BCUT2D eigenvalue weighted by Crippen LogP contribution is 2.51. The van der Waals surface area contributed by atoms with E-state index in [-0.39, 0.29) is 0 Å². The van der Waals surface area contributed by atoms with Gasteiger partial charge < -0.3 is 0 Å². The summed E-state index contributed by atoms with van der Waals surface area (Å²) in [5.41, 5.74) is 0. The first kappa shape index (κ1) is 8.82. The van der Waals surface area contributed by atoms with Gasteiger partial charge in [0, 0.05) is 10.7 Å². The summed E-state index contributed by atoms with van der Waals surface area (Å²) in [6, 6.07) is 0. The van der Waals surface area contributed by atoms with Crippen LogP contribution in [-0.2, 0) is 9.05 Å². The van der Waals surface area contributed by atoms with Gasteiger partial charge in [0.05, 0.1) is 4.75 Å². The first-order chi connectivity index (χ1) is 5.54. The Balaban J connectivity index is 1.92. The van der Waals surface area contributed by atoms with Gasteiger partial charge in [0.15, 0.2) is 0 Å². The molecule has 0 amide bonds. The zero-order valence-corrected chi connectivity index (χ0v) is 8.50. The predicted octanol–water partition coefficient (Wildman–Crippen LogP) is 2.28. The highest BCUT2D eigenvalue weighted by molar-refractivity contribution is 8.15. The van der Waals surface area contributed by atoms with Gasteiger partial charge in [-0.25, -0.2) is 8.42 Å². The molecule has 4 heteroatoms. The van der Waals surface area contributed by atoms with Crippen LogP contribution >= 0.6 is 10.7 Å². The van der Waals surface area contributed by atoms with Gasteiger partial charge in [-0.2, -0.15) is 0 Å². The highest BCUT2D eigenvalue weighted by atomic mass is 35.7. The van der Waals surface area contributed by atoms with Crippen molar-refractivity contribution in [3.63, 3.8) is 0 Å². The Labute approximate surface area is 77.7 Å². The van der Waals surface area contributed by atoms with E-state index in [1.54, 1.807) is 0 Å². The minimum Gasteiger partial charge on any atom is -0.212 e. The molecular weight excluding hydrogens is 196 g/mol. The number of rotatable bonds is 4. The van der Waals surface area contributed by atoms with Crippen LogP contribution in [0, 0.1) is 5.92 Å². The molecule has 0 N–H and O–H groups in total. The lowest BCUT2D eigenvalue weighted by atomic mass is 10.1. The van der Waals surface area contributed by atoms with Gasteiger partial charge in [0.1, 0.15) is 0 Å². The van der Waals surface area contributed by atoms with Crippen molar-refractivity contribution in [2.24, 2.45) is 5.92 Å². The summed E-state index contributed by atoms with van der Waals surface area (Å²) >= 11 is 0. The quantitative estimate of drug-likeness (QED) is 0.665. The van der Waals surface area contributed by atoms with Gasteiger partial charge >= 0.3 is 0 Å². The standard InChI is InChI=1S/C8H13ClO2S/c9-12(10,11)8(5-6-8)4-3-7-1-2-7/h7H,1-6H2. The molecule has 0 unspecified atom stereocenters. The second-order valence-corrected chi connectivity index (χ2v) is 7.06. The first-order valence-electron chi connectivity index (χ1n) is 4.48. The van der Waals surface area contributed by atoms with Gasteiger partial charge in [-0.05, 0) is 31.6 Å². The van der Waals surface area contributed by atoms with Crippen molar-refractivity contribution in [3.8, 4) is 0 Å². The van der Waals surface area contributed by atoms with Crippen LogP contribution in [0.1, 0.15) is 38.5 Å². The monoisotopic (exact) mass is 208 g/mol. The van der Waals surface area contributed by atoms with Crippen LogP contribution in [0.4, 0.5) is 0 Å². The molecule has 0 aromatic carbocycles. The fourth-order valence-electron chi connectivity index (χ4n) is 1.63. The minimum absolute atomic E-state index is 0.503. The van der Waals surface area contributed by atoms with Gasteiger partial charge in [-0.15, -0.1) is 0 Å². The van der Waals surface area contributed by atoms with Crippen LogP contribution in [0.15, 0.2) is 0 Å². The predicted molar refractivity (Wildman–Crippen MR) is 48.7 cm³/mol. The summed E-state index contributed by atoms with van der Waals surface area (Å²) in [7, 11) is 2.08. The Morgan fingerprint density at radius 2 is 1.92 bits per heavy atom. The van der Waals surface area contributed by atoms with E-state index in [0.29, 0.717) is 0 Å². The summed E-state index contributed by atoms with van der Waals surface area (Å²) < 4.78 is 21.7. The second-order valence-electron chi connectivity index (χ2n) is 4.10. The Hall–Kier alpha value is 0.240. The van der Waals surface area contributed by atoms with Crippen LogP contribution in [0.5, 0.6) is 0 Å². The fourth-order valence-corrected chi connectivity index (χ4v) is 3.27. The van der Waals surface area contributed by atoms with Crippen LogP contribution in [0.3, 0.4) is 0 Å². The summed E-state index contributed by atoms with van der Waals surface area (Å²) in [5, 5.41) is 0. The molecule has 0 bridgehead atoms. The van der Waals surface area contributed by atoms with Crippen LogP contribution in [0.2, 0.25) is 0 Å². The molecule has 0 aliphatic heterocycles. The van der Waals surface area contributed by atoms with Crippen LogP contribution in [-0.4, -0.2) is 13.2 Å². The smallest absolute Gasteiger partial charge is 0.212 e. The van der Waals surface area contributed by atoms with E-state index < -0.39 is 13.8 Å². The third-order valence-electron chi connectivity index (χ3n) is 3.03. The summed E-state index contributed by atoms with van der Waals surface area (Å²) in [6.07, 6.45) is 6.00. The average molecular weight is 209 g/mol. The van der Waals surface area contributed by atoms with Crippen molar-refractivity contribution in [3.05, 3.63) is 0 Å². The van der Waals surface area contributed by atoms with Gasteiger partial charge in [-0.3, -0.25) is 0 Å². The van der Waals surface area contributed by atoms with E-state index in [1.807, 2.05) is 0 Å². The maximum atomic E-state index is 11.1. The summed E-state index contributed by atoms with van der Waals surface area (Å²) in [5.74, 6) is 0.806. The molecule has 0 radical (unpaired) electrons. The van der Waals surface area contributed by atoms with E-state index in [4.69, 9.17) is 10.7 Å². The number of hydrogen-bond donors (Lipinski definition) is 0. The third-order valence-corrected chi connectivity index (χ3v) is 5.66. The van der Waals surface area contributed by atoms with E-state index in [1.165, 1.54) is 12.8 Å². The van der Waals surface area contributed by atoms with E-state index in [9.17, 15) is 8.42 Å². The van der Waals surface area contributed by atoms with Crippen molar-refractivity contribution in [1.29, 1.82) is 0 Å². The molecule has 70 valence electrons. The molecule has 0 heterocycles. The van der Waals surface area contributed by atoms with E-state index in [2.05, 4.69) is 0 Å². The molecule has 2 nitrogen and oxygen atoms in total. The Morgan fingerprint density at radius 1 is 1.33 bits per heavy atom. The minimum atomic E-state index is -3.29. The van der Waals surface area contributed by atoms with Crippen molar-refractivity contribution < 1.29 is 8.42 Å². The van der Waals surface area contributed by atoms with E-state index in [0.717, 1.165) is 31.6 Å². The fraction of sp³-hybridized carbons (Fsp3) is 1.00. The highest BCUT2D eigenvalue weighted by Gasteiger charge is 2.53. The van der Waals surface area contributed by atoms with Gasteiger partial charge in [-0.1, -0.05) is 12.8 Å². The Bertz CT molecular complexity index is 275. The number of halogens is 1. The lowest BCUT2D eigenvalue weighted by Gasteiger charge is -2.09. The van der Waals surface area contributed by atoms with Crippen LogP contribution < -0.4 is 0 Å². The molecule has 2 aliphatic rings. The molecular formula is C8H13ClO2S. The van der Waals surface area contributed by atoms with Crippen molar-refractivity contribution in [2.45, 2.75) is 43.3 Å².